The zero-order chi connectivity index (χ0) is 15.7. The molecule has 0 aliphatic carbocycles. The summed E-state index contributed by atoms with van der Waals surface area (Å²) in [5.74, 6) is 0.470. The molecule has 0 bridgehead atoms. The van der Waals surface area contributed by atoms with Gasteiger partial charge in [0.05, 0.1) is 12.3 Å². The molecule has 0 saturated heterocycles. The molecule has 6 heteroatoms. The van der Waals surface area contributed by atoms with Gasteiger partial charge in [0.1, 0.15) is 5.75 Å². The van der Waals surface area contributed by atoms with E-state index in [0.717, 1.165) is 17.9 Å². The van der Waals surface area contributed by atoms with E-state index in [1.54, 1.807) is 14.0 Å². The van der Waals surface area contributed by atoms with Crippen LogP contribution in [-0.2, 0) is 16.1 Å². The van der Waals surface area contributed by atoms with Gasteiger partial charge < -0.3 is 20.1 Å². The molecule has 0 fully saturated rings. The lowest BCUT2D eigenvalue weighted by atomic mass is 10.2. The fraction of sp³-hybridized carbons (Fsp3) is 0.600. The molecule has 0 aliphatic heterocycles. The Balaban J connectivity index is 2.65. The first-order valence-corrected chi connectivity index (χ1v) is 7.19. The van der Waals surface area contributed by atoms with Crippen LogP contribution in [0.3, 0.4) is 0 Å². The molecule has 1 rings (SSSR count). The number of carbonyl (C=O) groups is 1. The van der Waals surface area contributed by atoms with Crippen LogP contribution in [-0.4, -0.2) is 43.8 Å². The Labute approximate surface area is 126 Å². The average Bonchev–Trinajstić information content (AvgIpc) is 2.47. The van der Waals surface area contributed by atoms with Gasteiger partial charge in [0.25, 0.3) is 5.91 Å². The van der Waals surface area contributed by atoms with E-state index in [-0.39, 0.29) is 5.91 Å². The Morgan fingerprint density at radius 1 is 1.43 bits per heavy atom. The van der Waals surface area contributed by atoms with E-state index in [1.807, 2.05) is 26.0 Å². The third kappa shape index (κ3) is 6.10. The van der Waals surface area contributed by atoms with E-state index >= 15 is 0 Å². The van der Waals surface area contributed by atoms with Gasteiger partial charge in [0.2, 0.25) is 0 Å². The largest absolute Gasteiger partial charge is 0.479 e. The monoisotopic (exact) mass is 295 g/mol. The molecular formula is C15H25N3O3. The number of carbonyl (C=O) groups excluding carboxylic acids is 1. The Kier molecular flexibility index (Phi) is 7.71. The summed E-state index contributed by atoms with van der Waals surface area (Å²) in [4.78, 5) is 16.3. The van der Waals surface area contributed by atoms with Crippen molar-refractivity contribution >= 4 is 5.91 Å². The van der Waals surface area contributed by atoms with Crippen LogP contribution in [0.2, 0.25) is 0 Å². The van der Waals surface area contributed by atoms with Gasteiger partial charge in [-0.3, -0.25) is 9.78 Å². The zero-order valence-electron chi connectivity index (χ0n) is 13.2. The summed E-state index contributed by atoms with van der Waals surface area (Å²) in [5.41, 5.74) is 1.74. The molecule has 1 atom stereocenters. The van der Waals surface area contributed by atoms with Gasteiger partial charge in [-0.05, 0) is 32.5 Å². The molecule has 21 heavy (non-hydrogen) atoms. The highest BCUT2D eigenvalue weighted by Gasteiger charge is 2.16. The Morgan fingerprint density at radius 3 is 2.86 bits per heavy atom. The summed E-state index contributed by atoms with van der Waals surface area (Å²) in [6.07, 6.45) is -0.577. The molecule has 1 aromatic rings. The number of pyridine rings is 1. The van der Waals surface area contributed by atoms with Crippen LogP contribution in [0.25, 0.3) is 0 Å². The molecule has 0 saturated carbocycles. The molecule has 1 amide bonds. The smallest absolute Gasteiger partial charge is 0.260 e. The summed E-state index contributed by atoms with van der Waals surface area (Å²) < 4.78 is 10.6. The zero-order valence-corrected chi connectivity index (χ0v) is 13.2. The third-order valence-corrected chi connectivity index (χ3v) is 2.89. The Morgan fingerprint density at radius 2 is 2.19 bits per heavy atom. The van der Waals surface area contributed by atoms with Crippen molar-refractivity contribution < 1.29 is 14.3 Å². The summed E-state index contributed by atoms with van der Waals surface area (Å²) >= 11 is 0. The standard InChI is InChI=1S/C15H25N3O3/c1-5-16-10-13-14(7-6-11(2)18-13)21-12(3)15(19)17-8-9-20-4/h6-7,12,16H,5,8-10H2,1-4H3,(H,17,19). The predicted molar refractivity (Wildman–Crippen MR) is 81.3 cm³/mol. The van der Waals surface area contributed by atoms with Gasteiger partial charge in [-0.2, -0.15) is 0 Å². The van der Waals surface area contributed by atoms with Crippen molar-refractivity contribution in [2.45, 2.75) is 33.4 Å². The molecule has 6 nitrogen and oxygen atoms in total. The molecule has 118 valence electrons. The molecule has 0 spiro atoms. The number of nitrogens with zero attached hydrogens (tertiary/aromatic N) is 1. The molecule has 0 aromatic carbocycles. The van der Waals surface area contributed by atoms with Crippen LogP contribution in [0.4, 0.5) is 0 Å². The van der Waals surface area contributed by atoms with Gasteiger partial charge in [-0.15, -0.1) is 0 Å². The van der Waals surface area contributed by atoms with E-state index in [2.05, 4.69) is 15.6 Å². The highest BCUT2D eigenvalue weighted by Crippen LogP contribution is 2.18. The number of amides is 1. The van der Waals surface area contributed by atoms with Crippen LogP contribution in [0.5, 0.6) is 5.75 Å². The minimum Gasteiger partial charge on any atom is -0.479 e. The van der Waals surface area contributed by atoms with Crippen LogP contribution < -0.4 is 15.4 Å². The van der Waals surface area contributed by atoms with Crippen LogP contribution in [0.15, 0.2) is 12.1 Å². The first-order valence-electron chi connectivity index (χ1n) is 7.19. The molecule has 0 radical (unpaired) electrons. The second kappa shape index (κ2) is 9.31. The number of methoxy groups -OCH3 is 1. The van der Waals surface area contributed by atoms with Gasteiger partial charge in [0.15, 0.2) is 6.10 Å². The van der Waals surface area contributed by atoms with E-state index < -0.39 is 6.10 Å². The average molecular weight is 295 g/mol. The Bertz CT molecular complexity index is 452. The van der Waals surface area contributed by atoms with E-state index in [4.69, 9.17) is 9.47 Å². The second-order valence-electron chi connectivity index (χ2n) is 4.72. The number of ether oxygens (including phenoxy) is 2. The summed E-state index contributed by atoms with van der Waals surface area (Å²) in [6, 6.07) is 3.73. The molecular weight excluding hydrogens is 270 g/mol. The highest BCUT2D eigenvalue weighted by atomic mass is 16.5. The van der Waals surface area contributed by atoms with Crippen LogP contribution in [0, 0.1) is 6.92 Å². The number of nitrogens with one attached hydrogen (secondary N) is 2. The van der Waals surface area contributed by atoms with E-state index in [1.165, 1.54) is 0 Å². The van der Waals surface area contributed by atoms with Gasteiger partial charge >= 0.3 is 0 Å². The quantitative estimate of drug-likeness (QED) is 0.666. The number of hydrogen-bond donors (Lipinski definition) is 2. The minimum absolute atomic E-state index is 0.165. The van der Waals surface area contributed by atoms with Crippen molar-refractivity contribution in [3.05, 3.63) is 23.5 Å². The number of aryl methyl sites for hydroxylation is 1. The molecule has 1 heterocycles. The number of hydrogen-bond acceptors (Lipinski definition) is 5. The van der Waals surface area contributed by atoms with Gasteiger partial charge in [-0.25, -0.2) is 0 Å². The maximum Gasteiger partial charge on any atom is 0.260 e. The SMILES string of the molecule is CCNCc1nc(C)ccc1OC(C)C(=O)NCCOC. The first kappa shape index (κ1) is 17.4. The molecule has 1 unspecified atom stereocenters. The van der Waals surface area contributed by atoms with Gasteiger partial charge in [-0.1, -0.05) is 6.92 Å². The topological polar surface area (TPSA) is 72.5 Å². The van der Waals surface area contributed by atoms with E-state index in [9.17, 15) is 4.79 Å². The van der Waals surface area contributed by atoms with Crippen molar-refractivity contribution in [2.75, 3.05) is 26.8 Å². The first-order chi connectivity index (χ1) is 10.1. The fourth-order valence-corrected chi connectivity index (χ4v) is 1.74. The predicted octanol–water partition coefficient (Wildman–Crippen LogP) is 1.03. The highest BCUT2D eigenvalue weighted by molar-refractivity contribution is 5.80. The van der Waals surface area contributed by atoms with Crippen molar-refractivity contribution in [1.82, 2.24) is 15.6 Å². The number of aromatic nitrogens is 1. The lowest BCUT2D eigenvalue weighted by molar-refractivity contribution is -0.127. The van der Waals surface area contributed by atoms with Crippen molar-refractivity contribution in [1.29, 1.82) is 0 Å². The van der Waals surface area contributed by atoms with Crippen molar-refractivity contribution in [2.24, 2.45) is 0 Å². The van der Waals surface area contributed by atoms with Gasteiger partial charge in [0, 0.05) is 25.9 Å². The maximum absolute atomic E-state index is 11.9. The van der Waals surface area contributed by atoms with Crippen molar-refractivity contribution in [3.8, 4) is 5.75 Å². The summed E-state index contributed by atoms with van der Waals surface area (Å²) in [7, 11) is 1.59. The summed E-state index contributed by atoms with van der Waals surface area (Å²) in [5, 5.41) is 5.97. The van der Waals surface area contributed by atoms with E-state index in [0.29, 0.717) is 25.4 Å². The lowest BCUT2D eigenvalue weighted by Crippen LogP contribution is -2.38. The minimum atomic E-state index is -0.577. The van der Waals surface area contributed by atoms with Crippen molar-refractivity contribution in [3.63, 3.8) is 0 Å². The second-order valence-corrected chi connectivity index (χ2v) is 4.72. The Hall–Kier alpha value is -1.66. The maximum atomic E-state index is 11.9. The third-order valence-electron chi connectivity index (χ3n) is 2.89. The normalized spacial score (nSPS) is 12.0. The van der Waals surface area contributed by atoms with Crippen LogP contribution in [0.1, 0.15) is 25.2 Å². The number of rotatable bonds is 9. The van der Waals surface area contributed by atoms with Crippen LogP contribution >= 0.6 is 0 Å². The summed E-state index contributed by atoms with van der Waals surface area (Å²) in [6.45, 7) is 8.10. The fourth-order valence-electron chi connectivity index (χ4n) is 1.74. The lowest BCUT2D eigenvalue weighted by Gasteiger charge is -2.17. The molecule has 2 N–H and O–H groups in total. The molecule has 0 aliphatic rings. The molecule has 1 aromatic heterocycles.